The van der Waals surface area contributed by atoms with Crippen molar-refractivity contribution in [3.63, 3.8) is 0 Å². The normalized spacial score (nSPS) is 18.5. The van der Waals surface area contributed by atoms with Gasteiger partial charge in [-0.25, -0.2) is 15.0 Å². The molecule has 0 radical (unpaired) electrons. The number of rotatable bonds is 17. The largest absolute Gasteiger partial charge is 0.497 e. The lowest BCUT2D eigenvalue weighted by Gasteiger charge is -2.50. The fourth-order valence-corrected chi connectivity index (χ4v) is 11.0. The molecule has 4 atom stereocenters. The van der Waals surface area contributed by atoms with Crippen LogP contribution in [0, 0.1) is 0 Å². The number of ether oxygens (including phenoxy) is 6. The van der Waals surface area contributed by atoms with Gasteiger partial charge in [-0.2, -0.15) is 0 Å². The lowest BCUT2D eigenvalue weighted by molar-refractivity contribution is -0.184. The van der Waals surface area contributed by atoms with Gasteiger partial charge in [0, 0.05) is 12.1 Å². The van der Waals surface area contributed by atoms with E-state index in [-0.39, 0.29) is 24.9 Å². The molecule has 74 heavy (non-hydrogen) atoms. The Kier molecular flexibility index (Phi) is 12.9. The number of carbonyl (C=O) groups is 1. The van der Waals surface area contributed by atoms with Crippen LogP contribution in [0.5, 0.6) is 23.0 Å². The van der Waals surface area contributed by atoms with Gasteiger partial charge in [0.2, 0.25) is 0 Å². The second-order valence-corrected chi connectivity index (χ2v) is 18.3. The number of fused-ring (bicyclic) bond motifs is 3. The van der Waals surface area contributed by atoms with Crippen LogP contribution in [-0.2, 0) is 20.6 Å². The highest BCUT2D eigenvalue weighted by Crippen LogP contribution is 2.57. The van der Waals surface area contributed by atoms with Crippen LogP contribution in [0.1, 0.15) is 50.0 Å². The average Bonchev–Trinajstić information content (AvgIpc) is 4.12. The quantitative estimate of drug-likeness (QED) is 0.0837. The number of nitrogens with one attached hydrogen (secondary N) is 1. The third kappa shape index (κ3) is 8.08. The molecule has 2 aliphatic rings. The van der Waals surface area contributed by atoms with E-state index in [1.165, 1.54) is 6.33 Å². The van der Waals surface area contributed by atoms with Gasteiger partial charge in [-0.05, 0) is 94.0 Å². The number of aliphatic hydroxyl groups is 1. The highest BCUT2D eigenvalue weighted by Gasteiger charge is 2.69. The lowest BCUT2D eigenvalue weighted by Crippen LogP contribution is -2.57. The maximum absolute atomic E-state index is 13.6. The molecule has 2 aliphatic heterocycles. The molecule has 14 nitrogen and oxygen atoms in total. The average molecular weight is 987 g/mol. The number of aromatic nitrogens is 4. The number of hydrogen-bond acceptors (Lipinski definition) is 12. The third-order valence-corrected chi connectivity index (χ3v) is 14.6. The van der Waals surface area contributed by atoms with Crippen LogP contribution in [0.25, 0.3) is 11.2 Å². The first-order valence-electron chi connectivity index (χ1n) is 24.3. The number of morpholine rings is 1. The highest BCUT2D eigenvalue weighted by molar-refractivity contribution is 6.06. The Bertz CT molecular complexity index is 3270. The molecule has 4 heterocycles. The summed E-state index contributed by atoms with van der Waals surface area (Å²) in [5.41, 5.74) is 2.63. The number of imidazole rings is 1. The van der Waals surface area contributed by atoms with E-state index < -0.39 is 35.1 Å². The van der Waals surface area contributed by atoms with Crippen LogP contribution < -0.4 is 24.3 Å². The van der Waals surface area contributed by atoms with Gasteiger partial charge < -0.3 is 38.8 Å². The topological polar surface area (TPSA) is 152 Å². The Morgan fingerprint density at radius 3 is 1.55 bits per heavy atom. The SMILES string of the molecule is COc1ccc(C(OC[C@]23CN(C(c4ccccc4)(c4ccc(OC)cc4)c4ccc(OC)cc4)[C@H]([C@H](n4cnc5c(NC(=O)c6ccccc6)ncnc54)O2)[C@H]3O)(c2ccccc2)c2ccc(OC)cc2)cc1. The van der Waals surface area contributed by atoms with Crippen LogP contribution in [-0.4, -0.2) is 94.8 Å². The number of aliphatic hydroxyl groups excluding tert-OH is 1. The molecule has 2 N–H and O–H groups in total. The Hall–Kier alpha value is -8.40. The first-order chi connectivity index (χ1) is 36.3. The number of anilines is 1. The Morgan fingerprint density at radius 1 is 0.608 bits per heavy atom. The molecule has 9 aromatic rings. The number of benzene rings is 7. The van der Waals surface area contributed by atoms with Crippen molar-refractivity contribution in [3.8, 4) is 23.0 Å². The summed E-state index contributed by atoms with van der Waals surface area (Å²) in [7, 11) is 6.57. The van der Waals surface area contributed by atoms with Crippen molar-refractivity contribution in [2.45, 2.75) is 35.1 Å². The van der Waals surface area contributed by atoms with Crippen LogP contribution in [0.2, 0.25) is 0 Å². The molecule has 7 aromatic carbocycles. The van der Waals surface area contributed by atoms with Crippen LogP contribution in [0.15, 0.2) is 201 Å². The summed E-state index contributed by atoms with van der Waals surface area (Å²) in [4.78, 5) is 30.0. The molecule has 2 saturated heterocycles. The fourth-order valence-electron chi connectivity index (χ4n) is 11.0. The third-order valence-electron chi connectivity index (χ3n) is 14.6. The van der Waals surface area contributed by atoms with E-state index in [0.29, 0.717) is 39.7 Å². The molecule has 372 valence electrons. The van der Waals surface area contributed by atoms with E-state index in [2.05, 4.69) is 51.6 Å². The zero-order valence-corrected chi connectivity index (χ0v) is 41.2. The zero-order valence-electron chi connectivity index (χ0n) is 41.2. The number of hydrogen-bond donors (Lipinski definition) is 2. The van der Waals surface area contributed by atoms with Gasteiger partial charge in [0.25, 0.3) is 5.91 Å². The van der Waals surface area contributed by atoms with E-state index in [9.17, 15) is 9.90 Å². The summed E-state index contributed by atoms with van der Waals surface area (Å²) >= 11 is 0. The molecule has 2 fully saturated rings. The summed E-state index contributed by atoms with van der Waals surface area (Å²) < 4.78 is 39.7. The highest BCUT2D eigenvalue weighted by atomic mass is 16.6. The molecule has 14 heteroatoms. The van der Waals surface area contributed by atoms with Gasteiger partial charge >= 0.3 is 0 Å². The molecule has 0 aliphatic carbocycles. The smallest absolute Gasteiger partial charge is 0.256 e. The van der Waals surface area contributed by atoms with Crippen LogP contribution >= 0.6 is 0 Å². The minimum Gasteiger partial charge on any atom is -0.497 e. The fraction of sp³-hybridized carbons (Fsp3) is 0.200. The van der Waals surface area contributed by atoms with Gasteiger partial charge in [-0.3, -0.25) is 14.3 Å². The number of carbonyl (C=O) groups excluding carboxylic acids is 1. The predicted octanol–water partition coefficient (Wildman–Crippen LogP) is 9.43. The summed E-state index contributed by atoms with van der Waals surface area (Å²) in [5.74, 6) is 2.62. The maximum Gasteiger partial charge on any atom is 0.256 e. The predicted molar refractivity (Wildman–Crippen MR) is 280 cm³/mol. The monoisotopic (exact) mass is 986 g/mol. The second-order valence-electron chi connectivity index (χ2n) is 18.3. The molecule has 0 spiro atoms. The molecule has 2 bridgehead atoms. The number of methoxy groups -OCH3 is 4. The molecule has 0 saturated carbocycles. The zero-order chi connectivity index (χ0) is 50.9. The summed E-state index contributed by atoms with van der Waals surface area (Å²) in [6, 6.07) is 60.2. The van der Waals surface area contributed by atoms with Gasteiger partial charge in [-0.1, -0.05) is 127 Å². The van der Waals surface area contributed by atoms with Gasteiger partial charge in [0.1, 0.15) is 46.6 Å². The number of likely N-dealkylation sites (tertiary alicyclic amines) is 1. The standard InChI is InChI=1S/C60H54N6O8/c1-69-47-28-20-42(21-29-47)59(41-16-10-6-11-17-41,43-22-30-48(70-2)31-23-43)66-36-58(37-73-60(44-18-12-7-13-19-44,45-24-32-49(71-3)33-25-45)46-26-34-50(72-4)35-27-46)53(67)52(66)57(74-58)65-39-63-51-54(61-38-62-55(51)65)64-56(68)40-14-8-5-9-15-40/h5-35,38-39,52-53,57,67H,36-37H2,1-4H3,(H,61,62,64,68)/t52-,53+,57+,58-/m0/s1. The molecule has 0 unspecified atom stereocenters. The second kappa shape index (κ2) is 19.9. The number of amides is 1. The minimum absolute atomic E-state index is 0.110. The van der Waals surface area contributed by atoms with E-state index >= 15 is 0 Å². The maximum atomic E-state index is 13.6. The molecule has 11 rings (SSSR count). The lowest BCUT2D eigenvalue weighted by atomic mass is 9.74. The van der Waals surface area contributed by atoms with Crippen molar-refractivity contribution in [2.24, 2.45) is 0 Å². The van der Waals surface area contributed by atoms with Crippen LogP contribution in [0.4, 0.5) is 5.82 Å². The molecular weight excluding hydrogens is 933 g/mol. The Balaban J connectivity index is 1.12. The van der Waals surface area contributed by atoms with E-state index in [1.807, 2.05) is 132 Å². The summed E-state index contributed by atoms with van der Waals surface area (Å²) in [5, 5.41) is 16.5. The van der Waals surface area contributed by atoms with Crippen molar-refractivity contribution in [1.29, 1.82) is 0 Å². The van der Waals surface area contributed by atoms with Gasteiger partial charge in [-0.15, -0.1) is 0 Å². The molecular formula is C60H54N6O8. The first kappa shape index (κ1) is 47.9. The summed E-state index contributed by atoms with van der Waals surface area (Å²) in [6.07, 6.45) is 0.898. The van der Waals surface area contributed by atoms with Crippen molar-refractivity contribution >= 4 is 22.9 Å². The Morgan fingerprint density at radius 2 is 1.05 bits per heavy atom. The first-order valence-corrected chi connectivity index (χ1v) is 24.3. The van der Waals surface area contributed by atoms with E-state index in [1.54, 1.807) is 59.0 Å². The van der Waals surface area contributed by atoms with Crippen molar-refractivity contribution in [2.75, 3.05) is 46.9 Å². The summed E-state index contributed by atoms with van der Waals surface area (Å²) in [6.45, 7) is 0.0685. The van der Waals surface area contributed by atoms with Crippen molar-refractivity contribution < 1.29 is 38.3 Å². The Labute approximate surface area is 428 Å². The molecule has 1 amide bonds. The number of nitrogens with zero attached hydrogens (tertiary/aromatic N) is 5. The van der Waals surface area contributed by atoms with Crippen molar-refractivity contribution in [1.82, 2.24) is 24.4 Å². The van der Waals surface area contributed by atoms with E-state index in [0.717, 1.165) is 33.4 Å². The van der Waals surface area contributed by atoms with Crippen LogP contribution in [0.3, 0.4) is 0 Å². The van der Waals surface area contributed by atoms with Gasteiger partial charge in [0.15, 0.2) is 23.2 Å². The minimum atomic E-state index is -1.43. The molecule has 2 aromatic heterocycles. The van der Waals surface area contributed by atoms with Crippen molar-refractivity contribution in [3.05, 3.63) is 240 Å². The van der Waals surface area contributed by atoms with E-state index in [4.69, 9.17) is 38.4 Å². The van der Waals surface area contributed by atoms with Gasteiger partial charge in [0.05, 0.1) is 53.0 Å².